The number of carbonyl (C=O) groups is 2. The molecule has 1 saturated heterocycles. The molecule has 0 radical (unpaired) electrons. The Labute approximate surface area is 158 Å². The number of hydrogen-bond acceptors (Lipinski definition) is 3. The van der Waals surface area contributed by atoms with Crippen molar-refractivity contribution in [2.45, 2.75) is 25.4 Å². The van der Waals surface area contributed by atoms with E-state index in [0.717, 1.165) is 11.1 Å². The highest BCUT2D eigenvalue weighted by Gasteiger charge is 2.33. The molecule has 1 heterocycles. The summed E-state index contributed by atoms with van der Waals surface area (Å²) in [5.74, 6) is -1.35. The summed E-state index contributed by atoms with van der Waals surface area (Å²) in [6.07, 6.45) is 0.458. The van der Waals surface area contributed by atoms with Crippen LogP contribution in [0.4, 0.5) is 4.39 Å². The van der Waals surface area contributed by atoms with Crippen LogP contribution in [0.1, 0.15) is 24.1 Å². The Morgan fingerprint density at radius 3 is 2.41 bits per heavy atom. The first-order chi connectivity index (χ1) is 12.9. The number of amides is 2. The first-order valence-electron chi connectivity index (χ1n) is 9.09. The van der Waals surface area contributed by atoms with Crippen LogP contribution in [0.15, 0.2) is 54.6 Å². The van der Waals surface area contributed by atoms with E-state index >= 15 is 0 Å². The van der Waals surface area contributed by atoms with E-state index < -0.39 is 11.8 Å². The minimum absolute atomic E-state index is 0.106. The normalized spacial score (nSPS) is 20.3. The quantitative estimate of drug-likeness (QED) is 0.810. The fourth-order valence-electron chi connectivity index (χ4n) is 3.32. The zero-order chi connectivity index (χ0) is 19.4. The van der Waals surface area contributed by atoms with Crippen LogP contribution in [0.5, 0.6) is 0 Å². The molecule has 0 spiro atoms. The van der Waals surface area contributed by atoms with Gasteiger partial charge in [-0.3, -0.25) is 9.59 Å². The summed E-state index contributed by atoms with van der Waals surface area (Å²) in [5.41, 5.74) is 7.71. The summed E-state index contributed by atoms with van der Waals surface area (Å²) in [6, 6.07) is 15.1. The number of nitrogens with zero attached hydrogens (tertiary/aromatic N) is 1. The fourth-order valence-corrected chi connectivity index (χ4v) is 3.32. The Bertz CT molecular complexity index is 785. The summed E-state index contributed by atoms with van der Waals surface area (Å²) >= 11 is 0. The van der Waals surface area contributed by atoms with Gasteiger partial charge in [-0.05, 0) is 35.6 Å². The molecule has 142 valence electrons. The van der Waals surface area contributed by atoms with Crippen LogP contribution in [0.2, 0.25) is 0 Å². The van der Waals surface area contributed by atoms with Gasteiger partial charge in [0.1, 0.15) is 5.82 Å². The minimum atomic E-state index is -0.646. The van der Waals surface area contributed by atoms with E-state index in [9.17, 15) is 14.0 Å². The topological polar surface area (TPSA) is 75.4 Å². The number of halogens is 1. The molecule has 1 aliphatic heterocycles. The van der Waals surface area contributed by atoms with Gasteiger partial charge >= 0.3 is 11.8 Å². The van der Waals surface area contributed by atoms with Gasteiger partial charge in [-0.1, -0.05) is 49.4 Å². The molecule has 0 bridgehead atoms. The molecule has 3 unspecified atom stereocenters. The van der Waals surface area contributed by atoms with Crippen LogP contribution in [-0.4, -0.2) is 35.8 Å². The van der Waals surface area contributed by atoms with Gasteiger partial charge < -0.3 is 16.0 Å². The number of carbonyl (C=O) groups excluding carboxylic acids is 2. The summed E-state index contributed by atoms with van der Waals surface area (Å²) in [4.78, 5) is 26.6. The van der Waals surface area contributed by atoms with Crippen molar-refractivity contribution in [3.05, 3.63) is 71.5 Å². The predicted molar refractivity (Wildman–Crippen MR) is 101 cm³/mol. The Morgan fingerprint density at radius 2 is 1.81 bits per heavy atom. The van der Waals surface area contributed by atoms with Crippen molar-refractivity contribution in [1.82, 2.24) is 10.2 Å². The van der Waals surface area contributed by atoms with Crippen molar-refractivity contribution in [3.8, 4) is 0 Å². The van der Waals surface area contributed by atoms with E-state index in [4.69, 9.17) is 5.73 Å². The predicted octanol–water partition coefficient (Wildman–Crippen LogP) is 2.03. The van der Waals surface area contributed by atoms with E-state index in [-0.39, 0.29) is 23.8 Å². The van der Waals surface area contributed by atoms with Crippen LogP contribution in [0, 0.1) is 11.7 Å². The highest BCUT2D eigenvalue weighted by Crippen LogP contribution is 2.20. The van der Waals surface area contributed by atoms with Crippen LogP contribution < -0.4 is 11.1 Å². The molecule has 3 rings (SSSR count). The van der Waals surface area contributed by atoms with Gasteiger partial charge in [-0.15, -0.1) is 0 Å². The SMILES string of the molecule is CC1CN(C(=O)C(=O)NC(Cc2ccc(F)cc2)c2ccccc2)CC1N. The van der Waals surface area contributed by atoms with Gasteiger partial charge in [0.2, 0.25) is 0 Å². The number of nitrogens with two attached hydrogens (primary N) is 1. The number of hydrogen-bond donors (Lipinski definition) is 2. The molecule has 0 aliphatic carbocycles. The first-order valence-corrected chi connectivity index (χ1v) is 9.09. The van der Waals surface area contributed by atoms with Gasteiger partial charge in [0, 0.05) is 19.1 Å². The van der Waals surface area contributed by atoms with E-state index in [0.29, 0.717) is 19.5 Å². The van der Waals surface area contributed by atoms with Crippen molar-refractivity contribution in [2.75, 3.05) is 13.1 Å². The van der Waals surface area contributed by atoms with Crippen LogP contribution in [0.25, 0.3) is 0 Å². The molecular formula is C21H24FN3O2. The Morgan fingerprint density at radius 1 is 1.15 bits per heavy atom. The van der Waals surface area contributed by atoms with Crippen molar-refractivity contribution >= 4 is 11.8 Å². The lowest BCUT2D eigenvalue weighted by Crippen LogP contribution is -2.44. The summed E-state index contributed by atoms with van der Waals surface area (Å²) in [6.45, 7) is 2.85. The van der Waals surface area contributed by atoms with Crippen molar-refractivity contribution < 1.29 is 14.0 Å². The summed E-state index contributed by atoms with van der Waals surface area (Å²) < 4.78 is 13.2. The second-order valence-corrected chi connectivity index (χ2v) is 7.12. The van der Waals surface area contributed by atoms with Gasteiger partial charge in [-0.2, -0.15) is 0 Å². The number of likely N-dealkylation sites (tertiary alicyclic amines) is 1. The molecular weight excluding hydrogens is 345 g/mol. The van der Waals surface area contributed by atoms with Gasteiger partial charge in [0.15, 0.2) is 0 Å². The molecule has 0 aromatic heterocycles. The average Bonchev–Trinajstić information content (AvgIpc) is 3.01. The van der Waals surface area contributed by atoms with Crippen molar-refractivity contribution in [2.24, 2.45) is 11.7 Å². The van der Waals surface area contributed by atoms with Gasteiger partial charge in [0.25, 0.3) is 0 Å². The molecule has 1 aliphatic rings. The zero-order valence-corrected chi connectivity index (χ0v) is 15.3. The second kappa shape index (κ2) is 8.31. The van der Waals surface area contributed by atoms with E-state index in [1.807, 2.05) is 37.3 Å². The lowest BCUT2D eigenvalue weighted by Gasteiger charge is -2.21. The van der Waals surface area contributed by atoms with Crippen molar-refractivity contribution in [3.63, 3.8) is 0 Å². The smallest absolute Gasteiger partial charge is 0.311 e. The Hall–Kier alpha value is -2.73. The van der Waals surface area contributed by atoms with Crippen LogP contribution in [-0.2, 0) is 16.0 Å². The highest BCUT2D eigenvalue weighted by atomic mass is 19.1. The second-order valence-electron chi connectivity index (χ2n) is 7.12. The van der Waals surface area contributed by atoms with E-state index in [1.165, 1.54) is 17.0 Å². The zero-order valence-electron chi connectivity index (χ0n) is 15.3. The van der Waals surface area contributed by atoms with E-state index in [1.54, 1.807) is 12.1 Å². The van der Waals surface area contributed by atoms with Crippen molar-refractivity contribution in [1.29, 1.82) is 0 Å². The lowest BCUT2D eigenvalue weighted by atomic mass is 9.98. The largest absolute Gasteiger partial charge is 0.341 e. The minimum Gasteiger partial charge on any atom is -0.341 e. The molecule has 3 atom stereocenters. The number of nitrogens with one attached hydrogen (secondary N) is 1. The maximum absolute atomic E-state index is 13.2. The monoisotopic (exact) mass is 369 g/mol. The molecule has 2 amide bonds. The molecule has 27 heavy (non-hydrogen) atoms. The molecule has 3 N–H and O–H groups in total. The summed E-state index contributed by atoms with van der Waals surface area (Å²) in [5, 5.41) is 2.84. The maximum atomic E-state index is 13.2. The van der Waals surface area contributed by atoms with Crippen LogP contribution in [0.3, 0.4) is 0 Å². The third kappa shape index (κ3) is 4.71. The Balaban J connectivity index is 1.74. The molecule has 6 heteroatoms. The highest BCUT2D eigenvalue weighted by molar-refractivity contribution is 6.35. The summed E-state index contributed by atoms with van der Waals surface area (Å²) in [7, 11) is 0. The molecule has 0 saturated carbocycles. The third-order valence-corrected chi connectivity index (χ3v) is 5.01. The molecule has 1 fully saturated rings. The maximum Gasteiger partial charge on any atom is 0.311 e. The number of rotatable bonds is 4. The van der Waals surface area contributed by atoms with Crippen LogP contribution >= 0.6 is 0 Å². The van der Waals surface area contributed by atoms with Gasteiger partial charge in [0.05, 0.1) is 6.04 Å². The number of benzene rings is 2. The molecule has 2 aromatic carbocycles. The first kappa shape index (κ1) is 19.0. The Kier molecular flexibility index (Phi) is 5.86. The average molecular weight is 369 g/mol. The lowest BCUT2D eigenvalue weighted by molar-refractivity contribution is -0.145. The van der Waals surface area contributed by atoms with Gasteiger partial charge in [-0.25, -0.2) is 4.39 Å². The van der Waals surface area contributed by atoms with E-state index in [2.05, 4.69) is 5.32 Å². The third-order valence-electron chi connectivity index (χ3n) is 5.01. The molecule has 5 nitrogen and oxygen atoms in total. The molecule has 2 aromatic rings. The fraction of sp³-hybridized carbons (Fsp3) is 0.333. The standard InChI is InChI=1S/C21H24FN3O2/c1-14-12-25(13-18(14)23)21(27)20(26)24-19(16-5-3-2-4-6-16)11-15-7-9-17(22)10-8-15/h2-10,14,18-19H,11-13,23H2,1H3,(H,24,26).